The highest BCUT2D eigenvalue weighted by Gasteiger charge is 2.31. The van der Waals surface area contributed by atoms with Crippen LogP contribution in [0.25, 0.3) is 0 Å². The molecule has 0 bridgehead atoms. The molecule has 1 aliphatic rings. The van der Waals surface area contributed by atoms with E-state index in [1.165, 1.54) is 10.5 Å². The number of benzene rings is 2. The van der Waals surface area contributed by atoms with E-state index in [-0.39, 0.29) is 12.4 Å². The quantitative estimate of drug-likeness (QED) is 0.731. The SMILES string of the molecule is Cc1ccc(S(=O)(=O)N2CC[NH+](c3cc(Cl)ccc3C)CC2)cc1.[Cl-]. The summed E-state index contributed by atoms with van der Waals surface area (Å²) in [4.78, 5) is 1.65. The Balaban J connectivity index is 0.00000225. The van der Waals surface area contributed by atoms with Crippen LogP contribution >= 0.6 is 11.6 Å². The molecule has 0 spiro atoms. The number of piperazine rings is 1. The molecule has 0 unspecified atom stereocenters. The fourth-order valence-corrected chi connectivity index (χ4v) is 4.71. The van der Waals surface area contributed by atoms with Crippen molar-refractivity contribution in [1.82, 2.24) is 4.31 Å². The van der Waals surface area contributed by atoms with Gasteiger partial charge < -0.3 is 17.3 Å². The van der Waals surface area contributed by atoms with Crippen LogP contribution in [-0.4, -0.2) is 38.9 Å². The normalized spacial score (nSPS) is 16.4. The van der Waals surface area contributed by atoms with Crippen LogP contribution in [0.5, 0.6) is 0 Å². The van der Waals surface area contributed by atoms with E-state index in [2.05, 4.69) is 6.92 Å². The van der Waals surface area contributed by atoms with Crippen molar-refractivity contribution >= 4 is 27.3 Å². The number of sulfonamides is 1. The molecule has 1 aliphatic heterocycles. The van der Waals surface area contributed by atoms with Crippen molar-refractivity contribution in [1.29, 1.82) is 0 Å². The van der Waals surface area contributed by atoms with Crippen LogP contribution < -0.4 is 17.3 Å². The molecule has 1 saturated heterocycles. The lowest BCUT2D eigenvalue weighted by atomic mass is 10.1. The summed E-state index contributed by atoms with van der Waals surface area (Å²) >= 11 is 6.11. The Labute approximate surface area is 160 Å². The summed E-state index contributed by atoms with van der Waals surface area (Å²) in [5, 5.41) is 0.720. The highest BCUT2D eigenvalue weighted by molar-refractivity contribution is 7.89. The van der Waals surface area contributed by atoms with Crippen LogP contribution in [0.1, 0.15) is 11.1 Å². The maximum atomic E-state index is 12.8. The van der Waals surface area contributed by atoms with E-state index in [1.807, 2.05) is 37.3 Å². The third kappa shape index (κ3) is 4.36. The number of nitrogens with one attached hydrogen (secondary N) is 1. The second-order valence-corrected chi connectivity index (χ2v) is 8.65. The Morgan fingerprint density at radius 2 is 1.60 bits per heavy atom. The maximum absolute atomic E-state index is 12.8. The van der Waals surface area contributed by atoms with E-state index in [0.29, 0.717) is 18.0 Å². The molecule has 2 aromatic rings. The third-order valence-corrected chi connectivity index (χ3v) is 6.71. The third-order valence-electron chi connectivity index (χ3n) is 4.57. The summed E-state index contributed by atoms with van der Waals surface area (Å²) in [7, 11) is -3.41. The first-order chi connectivity index (χ1) is 11.4. The van der Waals surface area contributed by atoms with Gasteiger partial charge in [0.05, 0.1) is 31.1 Å². The molecule has 0 saturated carbocycles. The minimum Gasteiger partial charge on any atom is -1.00 e. The van der Waals surface area contributed by atoms with E-state index < -0.39 is 10.0 Å². The van der Waals surface area contributed by atoms with Gasteiger partial charge in [-0.15, -0.1) is 0 Å². The second-order valence-electron chi connectivity index (χ2n) is 6.28. The van der Waals surface area contributed by atoms with Crippen molar-refractivity contribution in [3.63, 3.8) is 0 Å². The Bertz CT molecular complexity index is 831. The first-order valence-corrected chi connectivity index (χ1v) is 9.88. The number of nitrogens with zero attached hydrogens (tertiary/aromatic N) is 1. The first-order valence-electron chi connectivity index (χ1n) is 8.06. The molecule has 1 fully saturated rings. The van der Waals surface area contributed by atoms with Gasteiger partial charge in [0.25, 0.3) is 0 Å². The van der Waals surface area contributed by atoms with Crippen molar-refractivity contribution in [2.24, 2.45) is 0 Å². The molecular weight excluding hydrogens is 379 g/mol. The van der Waals surface area contributed by atoms with Crippen LogP contribution in [0.15, 0.2) is 47.4 Å². The molecule has 0 radical (unpaired) electrons. The molecule has 25 heavy (non-hydrogen) atoms. The van der Waals surface area contributed by atoms with Crippen LogP contribution in [0.4, 0.5) is 5.69 Å². The lowest BCUT2D eigenvalue weighted by molar-refractivity contribution is -0.837. The van der Waals surface area contributed by atoms with Gasteiger partial charge in [0.15, 0.2) is 0 Å². The number of rotatable bonds is 3. The van der Waals surface area contributed by atoms with Crippen molar-refractivity contribution in [2.45, 2.75) is 18.7 Å². The topological polar surface area (TPSA) is 41.8 Å². The molecule has 0 atom stereocenters. The molecule has 0 amide bonds. The van der Waals surface area contributed by atoms with Crippen molar-refractivity contribution in [3.8, 4) is 0 Å². The first kappa shape index (κ1) is 20.2. The Hall–Kier alpha value is -1.11. The van der Waals surface area contributed by atoms with Gasteiger partial charge in [0.2, 0.25) is 10.0 Å². The van der Waals surface area contributed by atoms with Crippen LogP contribution in [0.2, 0.25) is 5.02 Å². The van der Waals surface area contributed by atoms with Gasteiger partial charge in [-0.05, 0) is 32.0 Å². The van der Waals surface area contributed by atoms with Crippen LogP contribution in [0.3, 0.4) is 0 Å². The Morgan fingerprint density at radius 1 is 1.00 bits per heavy atom. The molecule has 3 rings (SSSR count). The second kappa shape index (κ2) is 8.06. The van der Waals surface area contributed by atoms with Crippen molar-refractivity contribution in [2.75, 3.05) is 26.2 Å². The zero-order valence-electron chi connectivity index (χ0n) is 14.3. The molecular formula is C18H22Cl2N2O2S. The minimum absolute atomic E-state index is 0. The predicted molar refractivity (Wildman–Crippen MR) is 96.5 cm³/mol. The van der Waals surface area contributed by atoms with Crippen LogP contribution in [0, 0.1) is 13.8 Å². The molecule has 1 N–H and O–H groups in total. The van der Waals surface area contributed by atoms with E-state index in [1.54, 1.807) is 16.4 Å². The molecule has 4 nitrogen and oxygen atoms in total. The summed E-state index contributed by atoms with van der Waals surface area (Å²) < 4.78 is 27.1. The standard InChI is InChI=1S/C18H21ClN2O2S.ClH/c1-14-3-7-17(8-4-14)24(22,23)21-11-9-20(10-12-21)18-13-16(19)6-5-15(18)2;/h3-8,13H,9-12H2,1-2H3;1H. The smallest absolute Gasteiger partial charge is 0.243 e. The highest BCUT2D eigenvalue weighted by atomic mass is 35.5. The van der Waals surface area contributed by atoms with Gasteiger partial charge in [-0.25, -0.2) is 8.42 Å². The van der Waals surface area contributed by atoms with Gasteiger partial charge in [0, 0.05) is 16.7 Å². The lowest BCUT2D eigenvalue weighted by Gasteiger charge is -2.32. The number of halogens is 2. The lowest BCUT2D eigenvalue weighted by Crippen LogP contribution is -3.10. The fraction of sp³-hybridized carbons (Fsp3) is 0.333. The average molecular weight is 401 g/mol. The average Bonchev–Trinajstić information content (AvgIpc) is 2.57. The number of hydrogen-bond acceptors (Lipinski definition) is 2. The summed E-state index contributed by atoms with van der Waals surface area (Å²) in [6.45, 7) is 6.52. The van der Waals surface area contributed by atoms with Gasteiger partial charge in [-0.3, -0.25) is 0 Å². The van der Waals surface area contributed by atoms with Crippen LogP contribution in [-0.2, 0) is 10.0 Å². The van der Waals surface area contributed by atoms with E-state index in [0.717, 1.165) is 29.4 Å². The fourth-order valence-electron chi connectivity index (χ4n) is 3.10. The Morgan fingerprint density at radius 3 is 2.20 bits per heavy atom. The van der Waals surface area contributed by atoms with Gasteiger partial charge in [0.1, 0.15) is 5.69 Å². The molecule has 0 aliphatic carbocycles. The van der Waals surface area contributed by atoms with Gasteiger partial charge in [-0.2, -0.15) is 4.31 Å². The zero-order valence-corrected chi connectivity index (χ0v) is 16.6. The van der Waals surface area contributed by atoms with Gasteiger partial charge >= 0.3 is 0 Å². The van der Waals surface area contributed by atoms with Gasteiger partial charge in [-0.1, -0.05) is 35.4 Å². The molecule has 2 aromatic carbocycles. The number of aryl methyl sites for hydroxylation is 2. The molecule has 136 valence electrons. The Kier molecular flexibility index (Phi) is 6.51. The summed E-state index contributed by atoms with van der Waals surface area (Å²) in [6.07, 6.45) is 0. The monoisotopic (exact) mass is 400 g/mol. The highest BCUT2D eigenvalue weighted by Crippen LogP contribution is 2.19. The number of hydrogen-bond donors (Lipinski definition) is 1. The zero-order chi connectivity index (χ0) is 17.3. The summed E-state index contributed by atoms with van der Waals surface area (Å²) in [5.41, 5.74) is 3.40. The number of quaternary nitrogens is 1. The minimum atomic E-state index is -3.41. The van der Waals surface area contributed by atoms with Crippen molar-refractivity contribution in [3.05, 3.63) is 58.6 Å². The summed E-state index contributed by atoms with van der Waals surface area (Å²) in [6, 6.07) is 12.9. The largest absolute Gasteiger partial charge is 1.00 e. The van der Waals surface area contributed by atoms with E-state index in [4.69, 9.17) is 11.6 Å². The molecule has 1 heterocycles. The predicted octanol–water partition coefficient (Wildman–Crippen LogP) is -0.818. The van der Waals surface area contributed by atoms with Crippen molar-refractivity contribution < 1.29 is 25.7 Å². The molecule has 7 heteroatoms. The van der Waals surface area contributed by atoms with E-state index in [9.17, 15) is 8.42 Å². The molecule has 0 aromatic heterocycles. The van der Waals surface area contributed by atoms with E-state index >= 15 is 0 Å². The summed E-state index contributed by atoms with van der Waals surface area (Å²) in [5.74, 6) is 0. The maximum Gasteiger partial charge on any atom is 0.243 e.